The standard InChI is InChI=1S/2C5H5.C4H8.2ClH.Zr/c2*1-2-4-5-3-1;1-3-4-2;;;/h2*1-3H,4H2;1-4H2;2*1H;/q2*-1;-2;;;+2/p-2. The number of rotatable bonds is 1. The Morgan fingerprint density at radius 1 is 0.824 bits per heavy atom. The molecule has 17 heavy (non-hydrogen) atoms. The van der Waals surface area contributed by atoms with Crippen LogP contribution in [0.2, 0.25) is 0 Å². The zero-order valence-electron chi connectivity index (χ0n) is 9.96. The molecule has 0 nitrogen and oxygen atoms in total. The van der Waals surface area contributed by atoms with Crippen LogP contribution in [0.4, 0.5) is 0 Å². The third-order valence-electron chi connectivity index (χ3n) is 1.42. The summed E-state index contributed by atoms with van der Waals surface area (Å²) in [5, 5.41) is 0. The molecule has 0 saturated heterocycles. The van der Waals surface area contributed by atoms with Crippen LogP contribution in [-0.4, -0.2) is 0 Å². The molecule has 0 atom stereocenters. The Morgan fingerprint density at radius 2 is 1.18 bits per heavy atom. The summed E-state index contributed by atoms with van der Waals surface area (Å²) >= 11 is 0. The molecule has 0 aliphatic heterocycles. The summed E-state index contributed by atoms with van der Waals surface area (Å²) in [5.74, 6) is 0. The fraction of sp³-hybridized carbons (Fsp3) is 0.286. The molecule has 0 saturated carbocycles. The third kappa shape index (κ3) is 26.2. The molecule has 0 heterocycles. The minimum atomic E-state index is 0. The molecule has 0 bridgehead atoms. The van der Waals surface area contributed by atoms with E-state index in [1.165, 1.54) is 0 Å². The van der Waals surface area contributed by atoms with Gasteiger partial charge in [0.25, 0.3) is 0 Å². The van der Waals surface area contributed by atoms with E-state index in [4.69, 9.17) is 0 Å². The van der Waals surface area contributed by atoms with Crippen molar-refractivity contribution in [2.24, 2.45) is 0 Å². The van der Waals surface area contributed by atoms with Crippen molar-refractivity contribution in [3.8, 4) is 0 Å². The van der Waals surface area contributed by atoms with Crippen molar-refractivity contribution in [1.82, 2.24) is 0 Å². The molecular weight excluding hydrogens is 330 g/mol. The second-order valence-corrected chi connectivity index (χ2v) is 2.71. The summed E-state index contributed by atoms with van der Waals surface area (Å²) in [5.41, 5.74) is 0. The molecule has 0 aromatic heterocycles. The van der Waals surface area contributed by atoms with Crippen LogP contribution in [-0.2, 0) is 26.2 Å². The Labute approximate surface area is 138 Å². The van der Waals surface area contributed by atoms with E-state index in [-0.39, 0.29) is 51.0 Å². The van der Waals surface area contributed by atoms with Crippen LogP contribution in [0.5, 0.6) is 0 Å². The molecule has 0 N–H and O–H groups in total. The van der Waals surface area contributed by atoms with Gasteiger partial charge in [-0.1, -0.05) is 0 Å². The van der Waals surface area contributed by atoms with Crippen molar-refractivity contribution in [2.75, 3.05) is 0 Å². The van der Waals surface area contributed by atoms with E-state index >= 15 is 0 Å². The Kier molecular flexibility index (Phi) is 38.8. The Bertz CT molecular complexity index is 174. The molecular formula is C14H18Cl2Zr-4. The van der Waals surface area contributed by atoms with Crippen LogP contribution in [0.1, 0.15) is 25.7 Å². The minimum Gasteiger partial charge on any atom is -1.00 e. The molecule has 0 radical (unpaired) electrons. The Morgan fingerprint density at radius 3 is 1.24 bits per heavy atom. The molecule has 0 unspecified atom stereocenters. The first-order chi connectivity index (χ1) is 6.91. The van der Waals surface area contributed by atoms with E-state index in [1.807, 2.05) is 24.3 Å². The van der Waals surface area contributed by atoms with Crippen molar-refractivity contribution >= 4 is 0 Å². The quantitative estimate of drug-likeness (QED) is 0.484. The fourth-order valence-electron chi connectivity index (χ4n) is 0.680. The summed E-state index contributed by atoms with van der Waals surface area (Å²) in [6, 6.07) is 0. The van der Waals surface area contributed by atoms with Crippen LogP contribution in [0, 0.1) is 26.0 Å². The first kappa shape index (κ1) is 26.1. The van der Waals surface area contributed by atoms with Gasteiger partial charge in [0.1, 0.15) is 0 Å². The average Bonchev–Trinajstić information content (AvgIpc) is 2.94. The molecule has 96 valence electrons. The smallest absolute Gasteiger partial charge is 1.00 e. The van der Waals surface area contributed by atoms with Crippen molar-refractivity contribution in [3.63, 3.8) is 0 Å². The summed E-state index contributed by atoms with van der Waals surface area (Å²) in [6.45, 7) is 7.08. The maximum absolute atomic E-state index is 3.54. The van der Waals surface area contributed by atoms with E-state index in [9.17, 15) is 0 Å². The van der Waals surface area contributed by atoms with Crippen LogP contribution in [0.15, 0.2) is 36.5 Å². The van der Waals surface area contributed by atoms with Gasteiger partial charge in [-0.25, -0.2) is 37.1 Å². The normalized spacial score (nSPS) is 12.1. The number of hydrogen-bond acceptors (Lipinski definition) is 0. The monoisotopic (exact) mass is 346 g/mol. The molecule has 0 aromatic rings. The third-order valence-corrected chi connectivity index (χ3v) is 1.42. The van der Waals surface area contributed by atoms with Gasteiger partial charge >= 0.3 is 26.2 Å². The molecule has 3 heteroatoms. The molecule has 0 spiro atoms. The minimum absolute atomic E-state index is 0. The maximum Gasteiger partial charge on any atom is 2.00 e. The van der Waals surface area contributed by atoms with Gasteiger partial charge in [-0.2, -0.15) is 12.2 Å². The van der Waals surface area contributed by atoms with Gasteiger partial charge < -0.3 is 38.7 Å². The topological polar surface area (TPSA) is 0 Å². The van der Waals surface area contributed by atoms with E-state index in [0.29, 0.717) is 0 Å². The van der Waals surface area contributed by atoms with Gasteiger partial charge in [0, 0.05) is 0 Å². The largest absolute Gasteiger partial charge is 2.00 e. The van der Waals surface area contributed by atoms with Crippen LogP contribution in [0.3, 0.4) is 0 Å². The zero-order chi connectivity index (χ0) is 10.5. The zero-order valence-corrected chi connectivity index (χ0v) is 13.9. The molecule has 0 fully saturated rings. The fourth-order valence-corrected chi connectivity index (χ4v) is 0.680. The van der Waals surface area contributed by atoms with Gasteiger partial charge in [0.05, 0.1) is 0 Å². The number of unbranched alkanes of at least 4 members (excludes halogenated alkanes) is 1. The van der Waals surface area contributed by atoms with Crippen molar-refractivity contribution in [3.05, 3.63) is 62.5 Å². The van der Waals surface area contributed by atoms with Crippen LogP contribution in [0.25, 0.3) is 0 Å². The maximum atomic E-state index is 3.54. The van der Waals surface area contributed by atoms with Crippen molar-refractivity contribution < 1.29 is 51.0 Å². The molecule has 2 rings (SSSR count). The predicted molar refractivity (Wildman–Crippen MR) is 63.1 cm³/mol. The second kappa shape index (κ2) is 25.3. The molecule has 2 aliphatic rings. The SMILES string of the molecule is [C-]1=CC=CC1.[C-]1=CC=CC1.[CH2-]CC[CH2-].[Cl-].[Cl-].[Zr+2]. The Hall–Kier alpha value is 0.423. The summed E-state index contributed by atoms with van der Waals surface area (Å²) in [6.07, 6.45) is 21.9. The predicted octanol–water partition coefficient (Wildman–Crippen LogP) is -1.95. The first-order valence-electron chi connectivity index (χ1n) is 4.93. The first-order valence-corrected chi connectivity index (χ1v) is 4.93. The van der Waals surface area contributed by atoms with E-state index in [0.717, 1.165) is 25.7 Å². The Balaban J connectivity index is -0.0000000692. The second-order valence-electron chi connectivity index (χ2n) is 2.71. The molecule has 2 aliphatic carbocycles. The summed E-state index contributed by atoms with van der Waals surface area (Å²) in [7, 11) is 0. The van der Waals surface area contributed by atoms with E-state index in [2.05, 4.69) is 38.2 Å². The van der Waals surface area contributed by atoms with Crippen molar-refractivity contribution in [2.45, 2.75) is 25.7 Å². The van der Waals surface area contributed by atoms with Crippen molar-refractivity contribution in [1.29, 1.82) is 0 Å². The van der Waals surface area contributed by atoms with Gasteiger partial charge in [0.2, 0.25) is 0 Å². The number of hydrogen-bond donors (Lipinski definition) is 0. The molecule has 0 aromatic carbocycles. The summed E-state index contributed by atoms with van der Waals surface area (Å²) < 4.78 is 0. The molecule has 0 amide bonds. The van der Waals surface area contributed by atoms with E-state index < -0.39 is 0 Å². The number of allylic oxidation sites excluding steroid dienone is 8. The summed E-state index contributed by atoms with van der Waals surface area (Å²) in [4.78, 5) is 0. The average molecular weight is 348 g/mol. The van der Waals surface area contributed by atoms with Crippen LogP contribution >= 0.6 is 0 Å². The number of halogens is 2. The van der Waals surface area contributed by atoms with Gasteiger partial charge in [0.15, 0.2) is 0 Å². The van der Waals surface area contributed by atoms with Crippen LogP contribution < -0.4 is 24.8 Å². The van der Waals surface area contributed by atoms with E-state index in [1.54, 1.807) is 0 Å². The van der Waals surface area contributed by atoms with Gasteiger partial charge in [-0.15, -0.1) is 12.8 Å². The van der Waals surface area contributed by atoms with Gasteiger partial charge in [-0.3, -0.25) is 12.2 Å². The van der Waals surface area contributed by atoms with Gasteiger partial charge in [-0.05, 0) is 0 Å².